The van der Waals surface area contributed by atoms with Gasteiger partial charge in [-0.05, 0) is 42.5 Å². The third-order valence-electron chi connectivity index (χ3n) is 3.63. The Kier molecular flexibility index (Phi) is 3.15. The highest BCUT2D eigenvalue weighted by Crippen LogP contribution is 2.39. The second-order valence-corrected chi connectivity index (χ2v) is 4.71. The summed E-state index contributed by atoms with van der Waals surface area (Å²) in [7, 11) is 0. The molecule has 0 heterocycles. The number of aryl methyl sites for hydroxylation is 1. The number of nitrogens with two attached hydrogens (primary N) is 1. The lowest BCUT2D eigenvalue weighted by molar-refractivity contribution is -0.138. The van der Waals surface area contributed by atoms with Crippen LogP contribution in [0.5, 0.6) is 0 Å². The normalized spacial score (nSPS) is 23.2. The van der Waals surface area contributed by atoms with Gasteiger partial charge in [0.25, 0.3) is 0 Å². The minimum atomic E-state index is -0.882. The topological polar surface area (TPSA) is 63.3 Å². The molecular weight excluding hydrogens is 221 g/mol. The first kappa shape index (κ1) is 12.0. The molecule has 0 fully saturated rings. The molecule has 1 aromatic carbocycles. The fraction of sp³-hybridized carbons (Fsp3) is 0.462. The minimum Gasteiger partial charge on any atom is -0.481 e. The maximum atomic E-state index is 13.3. The summed E-state index contributed by atoms with van der Waals surface area (Å²) in [6, 6.07) is 4.62. The highest BCUT2D eigenvalue weighted by atomic mass is 19.1. The smallest absolute Gasteiger partial charge is 0.304 e. The molecule has 1 atom stereocenters. The van der Waals surface area contributed by atoms with Crippen molar-refractivity contribution in [2.75, 3.05) is 6.54 Å². The van der Waals surface area contributed by atoms with E-state index in [4.69, 9.17) is 10.8 Å². The molecule has 0 aliphatic heterocycles. The van der Waals surface area contributed by atoms with Crippen molar-refractivity contribution in [3.8, 4) is 0 Å². The lowest BCUT2D eigenvalue weighted by Crippen LogP contribution is -2.40. The molecule has 1 aromatic rings. The Morgan fingerprint density at radius 2 is 2.29 bits per heavy atom. The lowest BCUT2D eigenvalue weighted by Gasteiger charge is -2.37. The molecule has 3 N–H and O–H groups in total. The second kappa shape index (κ2) is 4.45. The monoisotopic (exact) mass is 237 g/mol. The summed E-state index contributed by atoms with van der Waals surface area (Å²) >= 11 is 0. The van der Waals surface area contributed by atoms with E-state index in [1.54, 1.807) is 6.07 Å². The Hall–Kier alpha value is -1.42. The van der Waals surface area contributed by atoms with E-state index in [9.17, 15) is 9.18 Å². The van der Waals surface area contributed by atoms with Gasteiger partial charge in [0.1, 0.15) is 5.82 Å². The van der Waals surface area contributed by atoms with Crippen LogP contribution in [-0.4, -0.2) is 17.6 Å². The largest absolute Gasteiger partial charge is 0.481 e. The fourth-order valence-corrected chi connectivity index (χ4v) is 2.77. The van der Waals surface area contributed by atoms with Gasteiger partial charge in [0.2, 0.25) is 0 Å². The van der Waals surface area contributed by atoms with Crippen LogP contribution in [0.4, 0.5) is 4.39 Å². The van der Waals surface area contributed by atoms with Crippen LogP contribution in [0, 0.1) is 5.82 Å². The van der Waals surface area contributed by atoms with Gasteiger partial charge >= 0.3 is 5.97 Å². The van der Waals surface area contributed by atoms with E-state index in [1.807, 2.05) is 0 Å². The number of hydrogen-bond acceptors (Lipinski definition) is 2. The van der Waals surface area contributed by atoms with Gasteiger partial charge in [-0.2, -0.15) is 0 Å². The molecule has 0 saturated heterocycles. The second-order valence-electron chi connectivity index (χ2n) is 4.71. The first-order chi connectivity index (χ1) is 8.07. The average molecular weight is 237 g/mol. The zero-order valence-electron chi connectivity index (χ0n) is 9.58. The first-order valence-corrected chi connectivity index (χ1v) is 5.78. The molecule has 1 unspecified atom stereocenters. The van der Waals surface area contributed by atoms with Crippen LogP contribution in [0.25, 0.3) is 0 Å². The number of rotatable bonds is 3. The number of carbonyl (C=O) groups is 1. The third-order valence-corrected chi connectivity index (χ3v) is 3.63. The quantitative estimate of drug-likeness (QED) is 0.843. The van der Waals surface area contributed by atoms with Crippen LogP contribution < -0.4 is 5.73 Å². The van der Waals surface area contributed by atoms with Crippen molar-refractivity contribution in [2.24, 2.45) is 5.73 Å². The maximum Gasteiger partial charge on any atom is 0.304 e. The highest BCUT2D eigenvalue weighted by Gasteiger charge is 2.37. The number of halogens is 1. The van der Waals surface area contributed by atoms with Gasteiger partial charge in [0.15, 0.2) is 0 Å². The SMILES string of the molecule is NCC1(CC(=O)O)CCCc2ccc(F)cc21. The molecule has 92 valence electrons. The lowest BCUT2D eigenvalue weighted by atomic mass is 9.68. The van der Waals surface area contributed by atoms with Gasteiger partial charge in [0, 0.05) is 12.0 Å². The van der Waals surface area contributed by atoms with E-state index in [1.165, 1.54) is 12.1 Å². The zero-order valence-corrected chi connectivity index (χ0v) is 9.58. The molecule has 0 spiro atoms. The summed E-state index contributed by atoms with van der Waals surface area (Å²) < 4.78 is 13.3. The molecule has 17 heavy (non-hydrogen) atoms. The van der Waals surface area contributed by atoms with Gasteiger partial charge < -0.3 is 10.8 Å². The Bertz CT molecular complexity index is 447. The zero-order chi connectivity index (χ0) is 12.5. The van der Waals surface area contributed by atoms with E-state index < -0.39 is 11.4 Å². The highest BCUT2D eigenvalue weighted by molar-refractivity contribution is 5.69. The van der Waals surface area contributed by atoms with Crippen molar-refractivity contribution in [3.05, 3.63) is 35.1 Å². The Balaban J connectivity index is 2.49. The van der Waals surface area contributed by atoms with Crippen molar-refractivity contribution in [3.63, 3.8) is 0 Å². The summed E-state index contributed by atoms with van der Waals surface area (Å²) in [5.41, 5.74) is 6.99. The summed E-state index contributed by atoms with van der Waals surface area (Å²) in [4.78, 5) is 11.0. The summed E-state index contributed by atoms with van der Waals surface area (Å²) in [6.45, 7) is 0.246. The number of hydrogen-bond donors (Lipinski definition) is 2. The van der Waals surface area contributed by atoms with Crippen molar-refractivity contribution in [1.82, 2.24) is 0 Å². The van der Waals surface area contributed by atoms with Crippen LogP contribution in [0.2, 0.25) is 0 Å². The van der Waals surface area contributed by atoms with Crippen LogP contribution in [-0.2, 0) is 16.6 Å². The van der Waals surface area contributed by atoms with Gasteiger partial charge in [-0.3, -0.25) is 4.79 Å². The van der Waals surface area contributed by atoms with Crippen molar-refractivity contribution >= 4 is 5.97 Å². The van der Waals surface area contributed by atoms with Crippen LogP contribution in [0.3, 0.4) is 0 Å². The Morgan fingerprint density at radius 3 is 2.94 bits per heavy atom. The van der Waals surface area contributed by atoms with Crippen molar-refractivity contribution < 1.29 is 14.3 Å². The van der Waals surface area contributed by atoms with Gasteiger partial charge in [-0.25, -0.2) is 4.39 Å². The number of carboxylic acids is 1. The molecule has 0 radical (unpaired) electrons. The molecule has 0 saturated carbocycles. The Morgan fingerprint density at radius 1 is 1.53 bits per heavy atom. The summed E-state index contributed by atoms with van der Waals surface area (Å²) in [5.74, 6) is -1.21. The van der Waals surface area contributed by atoms with Crippen LogP contribution >= 0.6 is 0 Å². The van der Waals surface area contributed by atoms with Crippen molar-refractivity contribution in [2.45, 2.75) is 31.1 Å². The van der Waals surface area contributed by atoms with Crippen LogP contribution in [0.15, 0.2) is 18.2 Å². The minimum absolute atomic E-state index is 0.0278. The maximum absolute atomic E-state index is 13.3. The fourth-order valence-electron chi connectivity index (χ4n) is 2.77. The van der Waals surface area contributed by atoms with E-state index >= 15 is 0 Å². The van der Waals surface area contributed by atoms with Gasteiger partial charge in [-0.15, -0.1) is 0 Å². The van der Waals surface area contributed by atoms with Crippen molar-refractivity contribution in [1.29, 1.82) is 0 Å². The van der Waals surface area contributed by atoms with E-state index in [0.29, 0.717) is 6.42 Å². The predicted molar refractivity (Wildman–Crippen MR) is 62.3 cm³/mol. The number of aliphatic carboxylic acids is 1. The number of benzene rings is 1. The predicted octanol–water partition coefficient (Wildman–Crippen LogP) is 1.83. The molecule has 4 heteroatoms. The van der Waals surface area contributed by atoms with Gasteiger partial charge in [-0.1, -0.05) is 6.07 Å². The molecule has 1 aliphatic rings. The molecule has 2 rings (SSSR count). The van der Waals surface area contributed by atoms with Gasteiger partial charge in [0.05, 0.1) is 6.42 Å². The number of carboxylic acid groups (broad SMARTS) is 1. The molecule has 0 aromatic heterocycles. The average Bonchev–Trinajstić information content (AvgIpc) is 2.29. The molecule has 3 nitrogen and oxygen atoms in total. The van der Waals surface area contributed by atoms with E-state index in [2.05, 4.69) is 0 Å². The molecule has 1 aliphatic carbocycles. The van der Waals surface area contributed by atoms with E-state index in [0.717, 1.165) is 24.0 Å². The molecular formula is C13H16FNO2. The Labute approximate surface area is 99.4 Å². The summed E-state index contributed by atoms with van der Waals surface area (Å²) in [5, 5.41) is 9.01. The summed E-state index contributed by atoms with van der Waals surface area (Å²) in [6.07, 6.45) is 2.46. The number of fused-ring (bicyclic) bond motifs is 1. The molecule has 0 bridgehead atoms. The first-order valence-electron chi connectivity index (χ1n) is 5.78. The molecule has 0 amide bonds. The third kappa shape index (κ3) is 2.17. The standard InChI is InChI=1S/C13H16FNO2/c14-10-4-3-9-2-1-5-13(8-15,7-12(16)17)11(9)6-10/h3-4,6H,1-2,5,7-8,15H2,(H,16,17). The van der Waals surface area contributed by atoms with Crippen LogP contribution in [0.1, 0.15) is 30.4 Å². The van der Waals surface area contributed by atoms with E-state index in [-0.39, 0.29) is 18.8 Å².